The van der Waals surface area contributed by atoms with Crippen LogP contribution in [0.3, 0.4) is 0 Å². The van der Waals surface area contributed by atoms with Crippen molar-refractivity contribution in [2.45, 2.75) is 37.9 Å². The van der Waals surface area contributed by atoms with Gasteiger partial charge in [-0.2, -0.15) is 13.5 Å². The molecule has 0 aromatic heterocycles. The van der Waals surface area contributed by atoms with Gasteiger partial charge in [-0.05, 0) is 48.9 Å². The van der Waals surface area contributed by atoms with E-state index in [-0.39, 0.29) is 23.1 Å². The summed E-state index contributed by atoms with van der Waals surface area (Å²) in [7, 11) is -3.96. The lowest BCUT2D eigenvalue weighted by molar-refractivity contribution is -0.122. The monoisotopic (exact) mass is 441 g/mol. The number of benzene rings is 2. The number of hydrogen-bond acceptors (Lipinski definition) is 5. The van der Waals surface area contributed by atoms with E-state index in [2.05, 4.69) is 20.1 Å². The van der Waals surface area contributed by atoms with E-state index in [9.17, 15) is 26.8 Å². The topological polar surface area (TPSA) is 114 Å². The fourth-order valence-corrected chi connectivity index (χ4v) is 3.61. The summed E-state index contributed by atoms with van der Waals surface area (Å²) in [6.45, 7) is -0.132. The summed E-state index contributed by atoms with van der Waals surface area (Å²) in [5, 5.41) is 5.09. The van der Waals surface area contributed by atoms with Gasteiger partial charge in [-0.15, -0.1) is 0 Å². The second kappa shape index (κ2) is 10.1. The lowest BCUT2D eigenvalue weighted by Gasteiger charge is -2.15. The molecule has 0 aliphatic heterocycles. The molecule has 2 aromatic rings. The van der Waals surface area contributed by atoms with Crippen LogP contribution in [0, 0.1) is 0 Å². The van der Waals surface area contributed by atoms with Crippen LogP contribution in [0.15, 0.2) is 53.4 Å². The van der Waals surface area contributed by atoms with Crippen molar-refractivity contribution in [3.8, 4) is 5.75 Å². The van der Waals surface area contributed by atoms with Crippen LogP contribution in [0.5, 0.6) is 5.75 Å². The van der Waals surface area contributed by atoms with E-state index in [0.717, 1.165) is 0 Å². The number of nitrogens with one attached hydrogen (secondary N) is 3. The molecule has 0 spiro atoms. The van der Waals surface area contributed by atoms with Crippen molar-refractivity contribution in [1.82, 2.24) is 10.0 Å². The molecule has 0 aliphatic carbocycles. The molecule has 2 amide bonds. The molecule has 0 bridgehead atoms. The zero-order valence-electron chi connectivity index (χ0n) is 16.2. The van der Waals surface area contributed by atoms with Gasteiger partial charge in [-0.1, -0.05) is 12.1 Å². The predicted octanol–water partition coefficient (Wildman–Crippen LogP) is 2.23. The summed E-state index contributed by atoms with van der Waals surface area (Å²) in [5.74, 6) is -0.864. The number of anilines is 1. The predicted molar refractivity (Wildman–Crippen MR) is 105 cm³/mol. The molecule has 3 N–H and O–H groups in total. The second-order valence-electron chi connectivity index (χ2n) is 6.29. The van der Waals surface area contributed by atoms with Crippen LogP contribution < -0.4 is 20.1 Å². The first kappa shape index (κ1) is 23.2. The smallest absolute Gasteiger partial charge is 0.387 e. The summed E-state index contributed by atoms with van der Waals surface area (Å²) in [4.78, 5) is 23.2. The Bertz CT molecular complexity index is 980. The van der Waals surface area contributed by atoms with Gasteiger partial charge >= 0.3 is 6.61 Å². The normalized spacial score (nSPS) is 12.3. The standard InChI is InChI=1S/C19H21F2N3O5S/c1-12(18(26)22-11-14-3-7-16(8-4-14)29-19(20)21)24-30(27,28)17-9-5-15(6-10-17)23-13(2)25/h3-10,12,19,24H,11H2,1-2H3,(H,22,26)(H,23,25)/t12-/m0/s1. The zero-order chi connectivity index (χ0) is 22.3. The van der Waals surface area contributed by atoms with E-state index in [1.54, 1.807) is 0 Å². The number of halogens is 2. The summed E-state index contributed by atoms with van der Waals surface area (Å²) in [5.41, 5.74) is 1.06. The molecule has 30 heavy (non-hydrogen) atoms. The maximum absolute atomic E-state index is 12.4. The molecule has 162 valence electrons. The Morgan fingerprint density at radius 2 is 1.63 bits per heavy atom. The van der Waals surface area contributed by atoms with Crippen LogP contribution in [0.25, 0.3) is 0 Å². The molecule has 0 heterocycles. The number of sulfonamides is 1. The van der Waals surface area contributed by atoms with Crippen LogP contribution >= 0.6 is 0 Å². The number of amides is 2. The largest absolute Gasteiger partial charge is 0.435 e. The lowest BCUT2D eigenvalue weighted by Crippen LogP contribution is -2.44. The van der Waals surface area contributed by atoms with E-state index in [1.165, 1.54) is 62.4 Å². The van der Waals surface area contributed by atoms with Gasteiger partial charge in [0.2, 0.25) is 21.8 Å². The summed E-state index contributed by atoms with van der Waals surface area (Å²) in [6, 6.07) is 10.1. The number of alkyl halides is 2. The maximum Gasteiger partial charge on any atom is 0.387 e. The summed E-state index contributed by atoms with van der Waals surface area (Å²) >= 11 is 0. The Balaban J connectivity index is 1.91. The maximum atomic E-state index is 12.4. The van der Waals surface area contributed by atoms with Crippen molar-refractivity contribution >= 4 is 27.5 Å². The molecule has 2 aromatic carbocycles. The molecular weight excluding hydrogens is 420 g/mol. The lowest BCUT2D eigenvalue weighted by atomic mass is 10.2. The Hall–Kier alpha value is -3.05. The number of rotatable bonds is 9. The minimum absolute atomic E-state index is 0.00859. The van der Waals surface area contributed by atoms with Gasteiger partial charge in [0, 0.05) is 19.2 Å². The minimum Gasteiger partial charge on any atom is -0.435 e. The van der Waals surface area contributed by atoms with Crippen molar-refractivity contribution in [1.29, 1.82) is 0 Å². The SMILES string of the molecule is CC(=O)Nc1ccc(S(=O)(=O)N[C@@H](C)C(=O)NCc2ccc(OC(F)F)cc2)cc1. The quantitative estimate of drug-likeness (QED) is 0.552. The number of carbonyl (C=O) groups is 2. The van der Waals surface area contributed by atoms with Crippen LogP contribution in [0.4, 0.5) is 14.5 Å². The number of carbonyl (C=O) groups excluding carboxylic acids is 2. The van der Waals surface area contributed by atoms with Gasteiger partial charge in [0.15, 0.2) is 0 Å². The molecule has 0 saturated carbocycles. The first-order chi connectivity index (χ1) is 14.1. The average molecular weight is 441 g/mol. The van der Waals surface area contributed by atoms with Gasteiger partial charge in [-0.25, -0.2) is 8.42 Å². The van der Waals surface area contributed by atoms with Gasteiger partial charge in [0.05, 0.1) is 10.9 Å². The Morgan fingerprint density at radius 3 is 2.17 bits per heavy atom. The second-order valence-corrected chi connectivity index (χ2v) is 8.00. The summed E-state index contributed by atoms with van der Waals surface area (Å²) < 4.78 is 55.6. The van der Waals surface area contributed by atoms with Crippen molar-refractivity contribution in [3.05, 3.63) is 54.1 Å². The van der Waals surface area contributed by atoms with E-state index < -0.39 is 28.6 Å². The number of hydrogen-bond donors (Lipinski definition) is 3. The minimum atomic E-state index is -3.96. The zero-order valence-corrected chi connectivity index (χ0v) is 17.0. The van der Waals surface area contributed by atoms with Gasteiger partial charge in [0.1, 0.15) is 5.75 Å². The Labute approximate surface area is 172 Å². The highest BCUT2D eigenvalue weighted by atomic mass is 32.2. The van der Waals surface area contributed by atoms with Crippen LogP contribution in [-0.2, 0) is 26.2 Å². The Morgan fingerprint density at radius 1 is 1.03 bits per heavy atom. The number of ether oxygens (including phenoxy) is 1. The fourth-order valence-electron chi connectivity index (χ4n) is 2.41. The molecule has 0 aliphatic rings. The van der Waals surface area contributed by atoms with Gasteiger partial charge in [0.25, 0.3) is 0 Å². The average Bonchev–Trinajstić information content (AvgIpc) is 2.66. The van der Waals surface area contributed by atoms with E-state index in [4.69, 9.17) is 0 Å². The van der Waals surface area contributed by atoms with Crippen molar-refractivity contribution in [2.75, 3.05) is 5.32 Å². The molecular formula is C19H21F2N3O5S. The molecule has 11 heteroatoms. The third-order valence-electron chi connectivity index (χ3n) is 3.83. The van der Waals surface area contributed by atoms with Gasteiger partial charge in [-0.3, -0.25) is 9.59 Å². The van der Waals surface area contributed by atoms with E-state index in [0.29, 0.717) is 11.3 Å². The van der Waals surface area contributed by atoms with Gasteiger partial charge < -0.3 is 15.4 Å². The molecule has 0 fully saturated rings. The van der Waals surface area contributed by atoms with Crippen molar-refractivity contribution in [2.24, 2.45) is 0 Å². The highest BCUT2D eigenvalue weighted by Gasteiger charge is 2.22. The van der Waals surface area contributed by atoms with E-state index >= 15 is 0 Å². The van der Waals surface area contributed by atoms with E-state index in [1.807, 2.05) is 0 Å². The van der Waals surface area contributed by atoms with Crippen LogP contribution in [-0.4, -0.2) is 32.9 Å². The fraction of sp³-hybridized carbons (Fsp3) is 0.263. The first-order valence-corrected chi connectivity index (χ1v) is 10.3. The molecule has 0 unspecified atom stereocenters. The summed E-state index contributed by atoms with van der Waals surface area (Å²) in [6.07, 6.45) is 0. The molecule has 0 radical (unpaired) electrons. The third kappa shape index (κ3) is 7.08. The highest BCUT2D eigenvalue weighted by Crippen LogP contribution is 2.16. The molecule has 8 nitrogen and oxygen atoms in total. The van der Waals surface area contributed by atoms with Crippen LogP contribution in [0.1, 0.15) is 19.4 Å². The molecule has 1 atom stereocenters. The Kier molecular flexibility index (Phi) is 7.84. The highest BCUT2D eigenvalue weighted by molar-refractivity contribution is 7.89. The van der Waals surface area contributed by atoms with Crippen molar-refractivity contribution in [3.63, 3.8) is 0 Å². The molecule has 0 saturated heterocycles. The van der Waals surface area contributed by atoms with Crippen molar-refractivity contribution < 1.29 is 31.5 Å². The first-order valence-electron chi connectivity index (χ1n) is 8.78. The van der Waals surface area contributed by atoms with Crippen LogP contribution in [0.2, 0.25) is 0 Å². The molecule has 2 rings (SSSR count). The third-order valence-corrected chi connectivity index (χ3v) is 5.38.